The topological polar surface area (TPSA) is 129 Å². The van der Waals surface area contributed by atoms with Crippen LogP contribution in [0.2, 0.25) is 0 Å². The van der Waals surface area contributed by atoms with Gasteiger partial charge in [0.05, 0.1) is 31.1 Å². The number of aromatic nitrogens is 5. The van der Waals surface area contributed by atoms with Crippen molar-refractivity contribution >= 4 is 22.6 Å². The summed E-state index contributed by atoms with van der Waals surface area (Å²) in [5.74, 6) is -1.10. The number of carbonyl (C=O) groups is 1. The number of nitrogens with one attached hydrogen (secondary N) is 2. The number of rotatable bonds is 6. The third kappa shape index (κ3) is 5.52. The van der Waals surface area contributed by atoms with E-state index in [0.29, 0.717) is 22.6 Å². The predicted molar refractivity (Wildman–Crippen MR) is 135 cm³/mol. The number of fused-ring (bicyclic) bond motifs is 1. The number of carbonyl (C=O) groups excluding carboxylic acids is 1. The summed E-state index contributed by atoms with van der Waals surface area (Å²) in [4.78, 5) is 32.2. The maximum Gasteiger partial charge on any atom is 0.421 e. The fourth-order valence-electron chi connectivity index (χ4n) is 3.95. The van der Waals surface area contributed by atoms with Crippen molar-refractivity contribution in [2.75, 3.05) is 12.4 Å². The first-order chi connectivity index (χ1) is 18.7. The van der Waals surface area contributed by atoms with E-state index in [9.17, 15) is 18.0 Å². The van der Waals surface area contributed by atoms with E-state index in [2.05, 4.69) is 35.0 Å². The number of ether oxygens (including phenoxy) is 1. The van der Waals surface area contributed by atoms with Gasteiger partial charge in [0.25, 0.3) is 0 Å². The molecule has 0 saturated carbocycles. The lowest BCUT2D eigenvalue weighted by molar-refractivity contribution is -0.139. The molecule has 0 spiro atoms. The summed E-state index contributed by atoms with van der Waals surface area (Å²) in [7, 11) is 1.09. The largest absolute Gasteiger partial charge is 0.481 e. The van der Waals surface area contributed by atoms with Crippen LogP contribution in [0, 0.1) is 11.3 Å². The number of hydrogen-bond acceptors (Lipinski definition) is 7. The second kappa shape index (κ2) is 10.2. The molecule has 39 heavy (non-hydrogen) atoms. The summed E-state index contributed by atoms with van der Waals surface area (Å²) in [5, 5.41) is 12.4. The molecule has 0 aliphatic heterocycles. The van der Waals surface area contributed by atoms with Crippen LogP contribution in [0.15, 0.2) is 67.3 Å². The molecule has 12 heteroatoms. The molecule has 194 valence electrons. The van der Waals surface area contributed by atoms with Gasteiger partial charge in [0.15, 0.2) is 0 Å². The second-order valence-electron chi connectivity index (χ2n) is 8.44. The molecule has 0 aliphatic rings. The summed E-state index contributed by atoms with van der Waals surface area (Å²) in [6.07, 6.45) is 1.07. The number of hydrogen-bond donors (Lipinski definition) is 2. The molecule has 0 atom stereocenters. The zero-order valence-electron chi connectivity index (χ0n) is 20.2. The molecular formula is C27H18F3N7O2. The predicted octanol–water partition coefficient (Wildman–Crippen LogP) is 5.16. The van der Waals surface area contributed by atoms with Crippen molar-refractivity contribution in [3.8, 4) is 34.5 Å². The summed E-state index contributed by atoms with van der Waals surface area (Å²) >= 11 is 0. The third-order valence-corrected chi connectivity index (χ3v) is 5.77. The standard InChI is InChI=1S/C27H18F3N7O2/c1-39-26-21(27(28,29)30)10-20(14-35-26)36-24(38)6-15-2-3-22(33-12-15)18-7-17-9-23(37-25(17)34-13-18)16-4-5-32-19(8-16)11-31/h2-5,7-10,12-14H,6H2,1H3,(H,34,37)(H,36,38). The van der Waals surface area contributed by atoms with E-state index in [1.54, 1.807) is 36.7 Å². The zero-order valence-corrected chi connectivity index (χ0v) is 20.2. The minimum absolute atomic E-state index is 0.0985. The molecule has 0 bridgehead atoms. The van der Waals surface area contributed by atoms with Crippen LogP contribution in [0.3, 0.4) is 0 Å². The van der Waals surface area contributed by atoms with Crippen LogP contribution in [-0.2, 0) is 17.4 Å². The number of anilines is 1. The molecule has 5 rings (SSSR count). The molecule has 2 N–H and O–H groups in total. The van der Waals surface area contributed by atoms with Crippen molar-refractivity contribution in [1.29, 1.82) is 5.26 Å². The molecule has 0 aliphatic carbocycles. The van der Waals surface area contributed by atoms with Crippen LogP contribution >= 0.6 is 0 Å². The minimum atomic E-state index is -4.68. The molecular weight excluding hydrogens is 511 g/mol. The normalized spacial score (nSPS) is 11.3. The molecule has 5 aromatic rings. The first kappa shape index (κ1) is 25.3. The van der Waals surface area contributed by atoms with Crippen molar-refractivity contribution in [2.24, 2.45) is 0 Å². The number of nitriles is 1. The van der Waals surface area contributed by atoms with Gasteiger partial charge < -0.3 is 15.0 Å². The Morgan fingerprint density at radius 1 is 1.03 bits per heavy atom. The first-order valence-corrected chi connectivity index (χ1v) is 11.4. The maximum absolute atomic E-state index is 13.2. The number of halogens is 3. The van der Waals surface area contributed by atoms with Gasteiger partial charge in [-0.25, -0.2) is 15.0 Å². The summed E-state index contributed by atoms with van der Waals surface area (Å²) in [6.45, 7) is 0. The lowest BCUT2D eigenvalue weighted by Crippen LogP contribution is -2.16. The Balaban J connectivity index is 1.29. The van der Waals surface area contributed by atoms with Crippen LogP contribution in [0.5, 0.6) is 5.88 Å². The molecule has 5 aromatic heterocycles. The van der Waals surface area contributed by atoms with E-state index in [1.165, 1.54) is 6.20 Å². The Morgan fingerprint density at radius 3 is 2.59 bits per heavy atom. The Morgan fingerprint density at radius 2 is 1.87 bits per heavy atom. The van der Waals surface area contributed by atoms with Crippen molar-refractivity contribution < 1.29 is 22.7 Å². The number of amides is 1. The number of aromatic amines is 1. The highest BCUT2D eigenvalue weighted by atomic mass is 19.4. The minimum Gasteiger partial charge on any atom is -0.481 e. The van der Waals surface area contributed by atoms with Gasteiger partial charge in [-0.2, -0.15) is 18.4 Å². The SMILES string of the molecule is COc1ncc(NC(=O)Cc2ccc(-c3cnc4[nH]c(-c5ccnc(C#N)c5)cc4c3)nc2)cc1C(F)(F)F. The van der Waals surface area contributed by atoms with Crippen molar-refractivity contribution in [3.05, 3.63) is 84.1 Å². The summed E-state index contributed by atoms with van der Waals surface area (Å²) < 4.78 is 44.3. The van der Waals surface area contributed by atoms with Gasteiger partial charge in [-0.15, -0.1) is 0 Å². The average Bonchev–Trinajstić information content (AvgIpc) is 3.36. The van der Waals surface area contributed by atoms with Crippen LogP contribution < -0.4 is 10.1 Å². The highest BCUT2D eigenvalue weighted by Crippen LogP contribution is 2.36. The summed E-state index contributed by atoms with van der Waals surface area (Å²) in [6, 6.07) is 13.5. The quantitative estimate of drug-likeness (QED) is 0.311. The number of methoxy groups -OCH3 is 1. The molecule has 9 nitrogen and oxygen atoms in total. The number of H-pyrrole nitrogens is 1. The van der Waals surface area contributed by atoms with Gasteiger partial charge in [-0.05, 0) is 42.0 Å². The smallest absolute Gasteiger partial charge is 0.421 e. The Hall–Kier alpha value is -5.31. The molecule has 5 heterocycles. The van der Waals surface area contributed by atoms with Crippen molar-refractivity contribution in [1.82, 2.24) is 24.9 Å². The lowest BCUT2D eigenvalue weighted by atomic mass is 10.1. The number of nitrogens with zero attached hydrogens (tertiary/aromatic N) is 5. The monoisotopic (exact) mass is 529 g/mol. The highest BCUT2D eigenvalue weighted by molar-refractivity contribution is 5.92. The number of pyridine rings is 4. The molecule has 1 amide bonds. The van der Waals surface area contributed by atoms with E-state index in [-0.39, 0.29) is 12.1 Å². The van der Waals surface area contributed by atoms with Crippen LogP contribution in [0.4, 0.5) is 18.9 Å². The molecule has 0 aromatic carbocycles. The molecule has 0 saturated heterocycles. The van der Waals surface area contributed by atoms with Gasteiger partial charge in [-0.1, -0.05) is 6.07 Å². The van der Waals surface area contributed by atoms with Crippen molar-refractivity contribution in [3.63, 3.8) is 0 Å². The number of alkyl halides is 3. The molecule has 0 radical (unpaired) electrons. The third-order valence-electron chi connectivity index (χ3n) is 5.77. The van der Waals surface area contributed by atoms with E-state index >= 15 is 0 Å². The van der Waals surface area contributed by atoms with Crippen LogP contribution in [-0.4, -0.2) is 37.9 Å². The van der Waals surface area contributed by atoms with Gasteiger partial charge in [0.1, 0.15) is 23.0 Å². The fourth-order valence-corrected chi connectivity index (χ4v) is 3.95. The first-order valence-electron chi connectivity index (χ1n) is 11.4. The van der Waals surface area contributed by atoms with E-state index in [1.807, 2.05) is 18.2 Å². The Bertz CT molecular complexity index is 1720. The van der Waals surface area contributed by atoms with E-state index in [0.717, 1.165) is 41.6 Å². The fraction of sp³-hybridized carbons (Fsp3) is 0.111. The molecule has 0 fully saturated rings. The average molecular weight is 529 g/mol. The zero-order chi connectivity index (χ0) is 27.6. The highest BCUT2D eigenvalue weighted by Gasteiger charge is 2.35. The van der Waals surface area contributed by atoms with Crippen LogP contribution in [0.25, 0.3) is 33.5 Å². The van der Waals surface area contributed by atoms with E-state index < -0.39 is 23.5 Å². The van der Waals surface area contributed by atoms with Gasteiger partial charge in [-0.3, -0.25) is 9.78 Å². The van der Waals surface area contributed by atoms with Crippen molar-refractivity contribution in [2.45, 2.75) is 12.6 Å². The van der Waals surface area contributed by atoms with Gasteiger partial charge in [0.2, 0.25) is 11.8 Å². The maximum atomic E-state index is 13.2. The van der Waals surface area contributed by atoms with E-state index in [4.69, 9.17) is 5.26 Å². The molecule has 0 unspecified atom stereocenters. The second-order valence-corrected chi connectivity index (χ2v) is 8.44. The van der Waals surface area contributed by atoms with Crippen LogP contribution in [0.1, 0.15) is 16.8 Å². The van der Waals surface area contributed by atoms with Gasteiger partial charge >= 0.3 is 6.18 Å². The summed E-state index contributed by atoms with van der Waals surface area (Å²) in [5.41, 5.74) is 3.34. The van der Waals surface area contributed by atoms with Gasteiger partial charge in [0, 0.05) is 40.8 Å². The lowest BCUT2D eigenvalue weighted by Gasteiger charge is -2.13. The Kier molecular flexibility index (Phi) is 6.64. The Labute approximate surface area is 219 Å².